The van der Waals surface area contributed by atoms with Crippen LogP contribution < -0.4 is 5.32 Å². The number of ether oxygens (including phenoxy) is 1. The largest absolute Gasteiger partial charge is 0.456 e. The van der Waals surface area contributed by atoms with E-state index in [0.29, 0.717) is 11.1 Å². The second-order valence-electron chi connectivity index (χ2n) is 6.58. The van der Waals surface area contributed by atoms with Gasteiger partial charge in [0.25, 0.3) is 5.91 Å². The van der Waals surface area contributed by atoms with Gasteiger partial charge in [-0.05, 0) is 30.2 Å². The predicted molar refractivity (Wildman–Crippen MR) is 111 cm³/mol. The van der Waals surface area contributed by atoms with E-state index in [9.17, 15) is 14.4 Å². The Morgan fingerprint density at radius 2 is 1.48 bits per heavy atom. The van der Waals surface area contributed by atoms with Gasteiger partial charge in [0.1, 0.15) is 6.54 Å². The summed E-state index contributed by atoms with van der Waals surface area (Å²) in [6, 6.07) is 24.0. The van der Waals surface area contributed by atoms with E-state index in [1.165, 1.54) is 0 Å². The van der Waals surface area contributed by atoms with Crippen LogP contribution in [0.3, 0.4) is 0 Å². The maximum atomic E-state index is 12.2. The van der Waals surface area contributed by atoms with Crippen molar-refractivity contribution in [1.29, 1.82) is 0 Å². The third-order valence-electron chi connectivity index (χ3n) is 4.35. The molecule has 0 fully saturated rings. The van der Waals surface area contributed by atoms with Gasteiger partial charge >= 0.3 is 5.97 Å². The molecule has 1 N–H and O–H groups in total. The highest BCUT2D eigenvalue weighted by atomic mass is 16.5. The molecule has 0 spiro atoms. The lowest BCUT2D eigenvalue weighted by atomic mass is 10.0. The number of hydrogen-bond donors (Lipinski definition) is 1. The van der Waals surface area contributed by atoms with Crippen LogP contribution in [0.5, 0.6) is 0 Å². The van der Waals surface area contributed by atoms with Gasteiger partial charge in [-0.15, -0.1) is 0 Å². The van der Waals surface area contributed by atoms with Crippen LogP contribution in [0, 0.1) is 6.92 Å². The summed E-state index contributed by atoms with van der Waals surface area (Å²) in [4.78, 5) is 36.1. The molecule has 0 aromatic heterocycles. The van der Waals surface area contributed by atoms with E-state index >= 15 is 0 Å². The molecule has 3 aromatic carbocycles. The SMILES string of the molecule is Cc1cccc(C(=O)NCC(=O)OCC(=O)c2ccc(-c3ccccc3)cc2)c1. The molecule has 1 amide bonds. The molecule has 146 valence electrons. The lowest BCUT2D eigenvalue weighted by Gasteiger charge is -2.07. The number of ketones is 1. The molecule has 0 radical (unpaired) electrons. The molecule has 0 saturated heterocycles. The van der Waals surface area contributed by atoms with Gasteiger partial charge in [-0.2, -0.15) is 0 Å². The Bertz CT molecular complexity index is 1010. The second-order valence-corrected chi connectivity index (χ2v) is 6.58. The lowest BCUT2D eigenvalue weighted by molar-refractivity contribution is -0.141. The van der Waals surface area contributed by atoms with Gasteiger partial charge in [0.05, 0.1) is 0 Å². The van der Waals surface area contributed by atoms with Crippen LogP contribution in [0.15, 0.2) is 78.9 Å². The van der Waals surface area contributed by atoms with Crippen LogP contribution in [-0.4, -0.2) is 30.8 Å². The van der Waals surface area contributed by atoms with E-state index in [0.717, 1.165) is 16.7 Å². The van der Waals surface area contributed by atoms with Crippen LogP contribution in [0.2, 0.25) is 0 Å². The molecule has 0 aliphatic heterocycles. The standard InChI is InChI=1S/C24H21NO4/c1-17-6-5-9-21(14-17)24(28)25-15-23(27)29-16-22(26)20-12-10-19(11-13-20)18-7-3-2-4-8-18/h2-14H,15-16H2,1H3,(H,25,28). The maximum absolute atomic E-state index is 12.2. The van der Waals surface area contributed by atoms with Crippen molar-refractivity contribution in [3.05, 3.63) is 95.6 Å². The molecule has 5 heteroatoms. The Morgan fingerprint density at radius 1 is 0.793 bits per heavy atom. The van der Waals surface area contributed by atoms with Gasteiger partial charge in [-0.1, -0.05) is 72.3 Å². The first-order chi connectivity index (χ1) is 14.0. The van der Waals surface area contributed by atoms with E-state index in [1.807, 2.05) is 55.5 Å². The Balaban J connectivity index is 1.47. The minimum atomic E-state index is -0.666. The number of esters is 1. The van der Waals surface area contributed by atoms with Gasteiger partial charge < -0.3 is 10.1 Å². The van der Waals surface area contributed by atoms with E-state index < -0.39 is 5.97 Å². The van der Waals surface area contributed by atoms with E-state index in [4.69, 9.17) is 4.74 Å². The zero-order valence-corrected chi connectivity index (χ0v) is 16.1. The molecule has 5 nitrogen and oxygen atoms in total. The minimum Gasteiger partial charge on any atom is -0.456 e. The normalized spacial score (nSPS) is 10.2. The first-order valence-corrected chi connectivity index (χ1v) is 9.22. The zero-order chi connectivity index (χ0) is 20.6. The molecular formula is C24H21NO4. The quantitative estimate of drug-likeness (QED) is 0.494. The van der Waals surface area contributed by atoms with Crippen molar-refractivity contribution in [1.82, 2.24) is 5.32 Å². The summed E-state index contributed by atoms with van der Waals surface area (Å²) in [6.07, 6.45) is 0. The molecule has 0 unspecified atom stereocenters. The van der Waals surface area contributed by atoms with E-state index in [1.54, 1.807) is 30.3 Å². The Kier molecular flexibility index (Phi) is 6.53. The molecule has 0 saturated carbocycles. The first kappa shape index (κ1) is 20.0. The summed E-state index contributed by atoms with van der Waals surface area (Å²) in [5.74, 6) is -1.34. The summed E-state index contributed by atoms with van der Waals surface area (Å²) in [7, 11) is 0. The lowest BCUT2D eigenvalue weighted by Crippen LogP contribution is -2.31. The molecule has 29 heavy (non-hydrogen) atoms. The van der Waals surface area contributed by atoms with Crippen molar-refractivity contribution in [3.8, 4) is 11.1 Å². The number of rotatable bonds is 7. The fraction of sp³-hybridized carbons (Fsp3) is 0.125. The van der Waals surface area contributed by atoms with Crippen molar-refractivity contribution in [2.75, 3.05) is 13.2 Å². The number of Topliss-reactive ketones (excluding diaryl/α,β-unsaturated/α-hetero) is 1. The zero-order valence-electron chi connectivity index (χ0n) is 16.1. The van der Waals surface area contributed by atoms with Crippen molar-refractivity contribution in [2.24, 2.45) is 0 Å². The number of aryl methyl sites for hydroxylation is 1. The molecule has 0 bridgehead atoms. The van der Waals surface area contributed by atoms with Gasteiger partial charge in [0.15, 0.2) is 12.4 Å². The fourth-order valence-electron chi connectivity index (χ4n) is 2.80. The highest BCUT2D eigenvalue weighted by Crippen LogP contribution is 2.19. The van der Waals surface area contributed by atoms with Crippen molar-refractivity contribution in [3.63, 3.8) is 0 Å². The minimum absolute atomic E-state index is 0.299. The van der Waals surface area contributed by atoms with Crippen LogP contribution in [0.4, 0.5) is 0 Å². The number of amides is 1. The summed E-state index contributed by atoms with van der Waals surface area (Å²) >= 11 is 0. The highest BCUT2D eigenvalue weighted by Gasteiger charge is 2.12. The van der Waals surface area contributed by atoms with Crippen molar-refractivity contribution >= 4 is 17.7 Å². The topological polar surface area (TPSA) is 72.5 Å². The highest BCUT2D eigenvalue weighted by molar-refractivity contribution is 5.99. The molecule has 0 aliphatic carbocycles. The van der Waals surface area contributed by atoms with Gasteiger partial charge in [-0.3, -0.25) is 14.4 Å². The summed E-state index contributed by atoms with van der Waals surface area (Å²) in [5, 5.41) is 2.49. The third kappa shape index (κ3) is 5.62. The van der Waals surface area contributed by atoms with Crippen LogP contribution >= 0.6 is 0 Å². The summed E-state index contributed by atoms with van der Waals surface area (Å²) in [5.41, 5.74) is 3.93. The third-order valence-corrected chi connectivity index (χ3v) is 4.35. The van der Waals surface area contributed by atoms with E-state index in [-0.39, 0.29) is 24.8 Å². The molecule has 0 aliphatic rings. The average Bonchev–Trinajstić information content (AvgIpc) is 2.76. The van der Waals surface area contributed by atoms with E-state index in [2.05, 4.69) is 5.32 Å². The average molecular weight is 387 g/mol. The van der Waals surface area contributed by atoms with Gasteiger partial charge in [-0.25, -0.2) is 0 Å². The van der Waals surface area contributed by atoms with Gasteiger partial charge in [0, 0.05) is 11.1 Å². The summed E-state index contributed by atoms with van der Waals surface area (Å²) < 4.78 is 4.98. The Labute approximate surface area is 169 Å². The Hall–Kier alpha value is -3.73. The monoisotopic (exact) mass is 387 g/mol. The predicted octanol–water partition coefficient (Wildman–Crippen LogP) is 3.82. The fourth-order valence-corrected chi connectivity index (χ4v) is 2.80. The molecule has 0 heterocycles. The number of carbonyl (C=O) groups excluding carboxylic acids is 3. The molecule has 3 aromatic rings. The summed E-state index contributed by atoms with van der Waals surface area (Å²) in [6.45, 7) is 1.21. The van der Waals surface area contributed by atoms with Crippen LogP contribution in [-0.2, 0) is 9.53 Å². The number of carbonyl (C=O) groups is 3. The molecule has 3 rings (SSSR count). The number of hydrogen-bond acceptors (Lipinski definition) is 4. The first-order valence-electron chi connectivity index (χ1n) is 9.22. The van der Waals surface area contributed by atoms with Crippen molar-refractivity contribution < 1.29 is 19.1 Å². The van der Waals surface area contributed by atoms with Crippen molar-refractivity contribution in [2.45, 2.75) is 6.92 Å². The smallest absolute Gasteiger partial charge is 0.325 e. The van der Waals surface area contributed by atoms with Crippen LogP contribution in [0.25, 0.3) is 11.1 Å². The number of nitrogens with one attached hydrogen (secondary N) is 1. The Morgan fingerprint density at radius 3 is 2.17 bits per heavy atom. The molecular weight excluding hydrogens is 366 g/mol. The van der Waals surface area contributed by atoms with Gasteiger partial charge in [0.2, 0.25) is 0 Å². The molecule has 0 atom stereocenters. The number of benzene rings is 3. The second kappa shape index (κ2) is 9.46. The van der Waals surface area contributed by atoms with Crippen LogP contribution in [0.1, 0.15) is 26.3 Å². The maximum Gasteiger partial charge on any atom is 0.325 e.